The van der Waals surface area contributed by atoms with Gasteiger partial charge in [0.1, 0.15) is 0 Å². The third kappa shape index (κ3) is 3.18. The standard InChI is InChI=1S/C11H14N2O2/c1-13-11(15)9(12)7-10(14)8-5-3-2-4-6-8/h2-6,9H,7,12H2,1H3,(H,13,15). The third-order valence-electron chi connectivity index (χ3n) is 2.08. The lowest BCUT2D eigenvalue weighted by Crippen LogP contribution is -2.40. The molecular weight excluding hydrogens is 192 g/mol. The number of rotatable bonds is 4. The van der Waals surface area contributed by atoms with Crippen molar-refractivity contribution in [1.29, 1.82) is 0 Å². The van der Waals surface area contributed by atoms with Crippen LogP contribution in [0.1, 0.15) is 16.8 Å². The maximum atomic E-state index is 11.6. The summed E-state index contributed by atoms with van der Waals surface area (Å²) in [5, 5.41) is 2.41. The van der Waals surface area contributed by atoms with Crippen molar-refractivity contribution in [2.24, 2.45) is 5.73 Å². The van der Waals surface area contributed by atoms with Crippen LogP contribution in [0.5, 0.6) is 0 Å². The van der Waals surface area contributed by atoms with Gasteiger partial charge < -0.3 is 11.1 Å². The van der Waals surface area contributed by atoms with E-state index in [9.17, 15) is 9.59 Å². The smallest absolute Gasteiger partial charge is 0.237 e. The first-order chi connectivity index (χ1) is 7.15. The van der Waals surface area contributed by atoms with Gasteiger partial charge >= 0.3 is 0 Å². The molecule has 80 valence electrons. The highest BCUT2D eigenvalue weighted by Gasteiger charge is 2.16. The molecule has 0 saturated carbocycles. The highest BCUT2D eigenvalue weighted by atomic mass is 16.2. The summed E-state index contributed by atoms with van der Waals surface area (Å²) in [6.07, 6.45) is 0.0314. The van der Waals surface area contributed by atoms with Crippen molar-refractivity contribution in [1.82, 2.24) is 5.32 Å². The summed E-state index contributed by atoms with van der Waals surface area (Å²) >= 11 is 0. The number of nitrogens with two attached hydrogens (primary N) is 1. The summed E-state index contributed by atoms with van der Waals surface area (Å²) < 4.78 is 0. The zero-order chi connectivity index (χ0) is 11.3. The molecule has 15 heavy (non-hydrogen) atoms. The van der Waals surface area contributed by atoms with E-state index >= 15 is 0 Å². The Labute approximate surface area is 88.5 Å². The number of hydrogen-bond donors (Lipinski definition) is 2. The fourth-order valence-corrected chi connectivity index (χ4v) is 1.22. The number of hydrogen-bond acceptors (Lipinski definition) is 3. The normalized spacial score (nSPS) is 11.9. The molecule has 1 atom stereocenters. The fourth-order valence-electron chi connectivity index (χ4n) is 1.22. The zero-order valence-corrected chi connectivity index (χ0v) is 8.57. The third-order valence-corrected chi connectivity index (χ3v) is 2.08. The van der Waals surface area contributed by atoms with Crippen LogP contribution in [0.2, 0.25) is 0 Å². The molecule has 0 heterocycles. The minimum absolute atomic E-state index is 0.0314. The van der Waals surface area contributed by atoms with Crippen LogP contribution >= 0.6 is 0 Å². The average molecular weight is 206 g/mol. The van der Waals surface area contributed by atoms with Crippen molar-refractivity contribution >= 4 is 11.7 Å². The molecule has 1 unspecified atom stereocenters. The SMILES string of the molecule is CNC(=O)C(N)CC(=O)c1ccccc1. The van der Waals surface area contributed by atoms with Crippen molar-refractivity contribution in [3.63, 3.8) is 0 Å². The van der Waals surface area contributed by atoms with Gasteiger partial charge in [-0.3, -0.25) is 9.59 Å². The summed E-state index contributed by atoms with van der Waals surface area (Å²) in [5.41, 5.74) is 6.11. The maximum absolute atomic E-state index is 11.6. The van der Waals surface area contributed by atoms with Gasteiger partial charge in [0, 0.05) is 19.0 Å². The van der Waals surface area contributed by atoms with E-state index in [4.69, 9.17) is 5.73 Å². The first-order valence-corrected chi connectivity index (χ1v) is 4.70. The molecule has 0 saturated heterocycles. The number of ketones is 1. The molecule has 0 aliphatic carbocycles. The Bertz CT molecular complexity index is 349. The first kappa shape index (κ1) is 11.4. The molecule has 1 aromatic carbocycles. The quantitative estimate of drug-likeness (QED) is 0.697. The van der Waals surface area contributed by atoms with Crippen LogP contribution in [0.4, 0.5) is 0 Å². The van der Waals surface area contributed by atoms with Crippen molar-refractivity contribution in [3.8, 4) is 0 Å². The lowest BCUT2D eigenvalue weighted by molar-refractivity contribution is -0.121. The lowest BCUT2D eigenvalue weighted by Gasteiger charge is -2.08. The number of likely N-dealkylation sites (N-methyl/N-ethyl adjacent to an activating group) is 1. The van der Waals surface area contributed by atoms with Gasteiger partial charge in [-0.15, -0.1) is 0 Å². The van der Waals surface area contributed by atoms with Gasteiger partial charge in [-0.25, -0.2) is 0 Å². The van der Waals surface area contributed by atoms with Gasteiger partial charge in [0.05, 0.1) is 6.04 Å². The van der Waals surface area contributed by atoms with Crippen LogP contribution in [0.25, 0.3) is 0 Å². The van der Waals surface area contributed by atoms with E-state index in [-0.39, 0.29) is 18.1 Å². The second-order valence-electron chi connectivity index (χ2n) is 3.21. The minimum Gasteiger partial charge on any atom is -0.358 e. The molecule has 3 N–H and O–H groups in total. The van der Waals surface area contributed by atoms with E-state index in [1.807, 2.05) is 6.07 Å². The number of nitrogens with one attached hydrogen (secondary N) is 1. The monoisotopic (exact) mass is 206 g/mol. The zero-order valence-electron chi connectivity index (χ0n) is 8.57. The molecule has 0 fully saturated rings. The maximum Gasteiger partial charge on any atom is 0.237 e. The number of carbonyl (C=O) groups is 2. The van der Waals surface area contributed by atoms with Crippen molar-refractivity contribution < 1.29 is 9.59 Å². The topological polar surface area (TPSA) is 72.2 Å². The van der Waals surface area contributed by atoms with E-state index < -0.39 is 6.04 Å². The van der Waals surface area contributed by atoms with Crippen molar-refractivity contribution in [2.45, 2.75) is 12.5 Å². The molecular formula is C11H14N2O2. The number of amides is 1. The van der Waals surface area contributed by atoms with Gasteiger partial charge in [-0.1, -0.05) is 30.3 Å². The van der Waals surface area contributed by atoms with Crippen molar-refractivity contribution in [2.75, 3.05) is 7.05 Å². The van der Waals surface area contributed by atoms with E-state index in [1.165, 1.54) is 7.05 Å². The largest absolute Gasteiger partial charge is 0.358 e. The van der Waals surface area contributed by atoms with E-state index in [0.717, 1.165) is 0 Å². The highest BCUT2D eigenvalue weighted by molar-refractivity contribution is 5.99. The van der Waals surface area contributed by atoms with Crippen LogP contribution in [0.15, 0.2) is 30.3 Å². The Morgan fingerprint density at radius 1 is 1.33 bits per heavy atom. The minimum atomic E-state index is -0.775. The molecule has 4 nitrogen and oxygen atoms in total. The highest BCUT2D eigenvalue weighted by Crippen LogP contribution is 2.04. The molecule has 0 aromatic heterocycles. The van der Waals surface area contributed by atoms with Gasteiger partial charge in [-0.2, -0.15) is 0 Å². The first-order valence-electron chi connectivity index (χ1n) is 4.70. The summed E-state index contributed by atoms with van der Waals surface area (Å²) in [7, 11) is 1.50. The summed E-state index contributed by atoms with van der Waals surface area (Å²) in [4.78, 5) is 22.7. The molecule has 0 radical (unpaired) electrons. The van der Waals surface area contributed by atoms with Crippen molar-refractivity contribution in [3.05, 3.63) is 35.9 Å². The van der Waals surface area contributed by atoms with Gasteiger partial charge in [-0.05, 0) is 0 Å². The fraction of sp³-hybridized carbons (Fsp3) is 0.273. The number of benzene rings is 1. The van der Waals surface area contributed by atoms with Gasteiger partial charge in [0.2, 0.25) is 5.91 Å². The Balaban J connectivity index is 2.61. The van der Waals surface area contributed by atoms with Crippen LogP contribution in [-0.4, -0.2) is 24.8 Å². The number of carbonyl (C=O) groups excluding carboxylic acids is 2. The van der Waals surface area contributed by atoms with Gasteiger partial charge in [0.25, 0.3) is 0 Å². The Kier molecular flexibility index (Phi) is 4.00. The Hall–Kier alpha value is -1.68. The molecule has 0 aliphatic heterocycles. The second kappa shape index (κ2) is 5.26. The summed E-state index contributed by atoms with van der Waals surface area (Å²) in [6.45, 7) is 0. The molecule has 1 rings (SSSR count). The molecule has 1 aromatic rings. The molecule has 0 aliphatic rings. The predicted molar refractivity (Wildman–Crippen MR) is 57.4 cm³/mol. The lowest BCUT2D eigenvalue weighted by atomic mass is 10.0. The Morgan fingerprint density at radius 3 is 2.47 bits per heavy atom. The second-order valence-corrected chi connectivity index (χ2v) is 3.21. The van der Waals surface area contributed by atoms with Gasteiger partial charge in [0.15, 0.2) is 5.78 Å². The summed E-state index contributed by atoms with van der Waals surface area (Å²) in [6, 6.07) is 8.02. The van der Waals surface area contributed by atoms with E-state index in [1.54, 1.807) is 24.3 Å². The van der Waals surface area contributed by atoms with E-state index in [2.05, 4.69) is 5.32 Å². The van der Waals surface area contributed by atoms with Crippen LogP contribution < -0.4 is 11.1 Å². The van der Waals surface area contributed by atoms with E-state index in [0.29, 0.717) is 5.56 Å². The van der Waals surface area contributed by atoms with Crippen LogP contribution in [0, 0.1) is 0 Å². The molecule has 0 spiro atoms. The molecule has 1 amide bonds. The molecule has 0 bridgehead atoms. The van der Waals surface area contributed by atoms with Crippen LogP contribution in [0.3, 0.4) is 0 Å². The summed E-state index contributed by atoms with van der Waals surface area (Å²) in [5.74, 6) is -0.439. The average Bonchev–Trinajstić information content (AvgIpc) is 2.29. The molecule has 4 heteroatoms. The Morgan fingerprint density at radius 2 is 1.93 bits per heavy atom. The predicted octanol–water partition coefficient (Wildman–Crippen LogP) is 0.333. The van der Waals surface area contributed by atoms with Crippen LogP contribution in [-0.2, 0) is 4.79 Å². The number of Topliss-reactive ketones (excluding diaryl/α,β-unsaturated/α-hetero) is 1.